The molecule has 0 aromatic rings. The zero-order chi connectivity index (χ0) is 8.31. The van der Waals surface area contributed by atoms with Gasteiger partial charge in [0.1, 0.15) is 0 Å². The Hall–Kier alpha value is -0.0400. The molecule has 0 saturated carbocycles. The van der Waals surface area contributed by atoms with Crippen LogP contribution in [0.15, 0.2) is 0 Å². The average Bonchev–Trinajstić information content (AvgIpc) is 1.59. The largest absolute Gasteiger partial charge is 0.328 e. The fourth-order valence-electron chi connectivity index (χ4n) is 1.98. The molecule has 0 bridgehead atoms. The molecule has 10 heavy (non-hydrogen) atoms. The molecule has 0 aromatic heterocycles. The molecule has 0 saturated heterocycles. The molecule has 0 spiro atoms. The van der Waals surface area contributed by atoms with Crippen LogP contribution in [0, 0.1) is 17.8 Å². The highest BCUT2D eigenvalue weighted by atomic mass is 14.6. The highest BCUT2D eigenvalue weighted by Crippen LogP contribution is 2.22. The normalized spacial score (nSPS) is 15.3. The molecule has 0 fully saturated rings. The molecular weight excluding hydrogens is 122 g/mol. The molecule has 0 amide bonds. The molecule has 1 heteroatoms. The van der Waals surface area contributed by atoms with Gasteiger partial charge in [0.15, 0.2) is 0 Å². The maximum atomic E-state index is 5.84. The van der Waals surface area contributed by atoms with Gasteiger partial charge in [-0.25, -0.2) is 0 Å². The van der Waals surface area contributed by atoms with Gasteiger partial charge in [-0.15, -0.1) is 0 Å². The van der Waals surface area contributed by atoms with E-state index in [1.54, 1.807) is 0 Å². The van der Waals surface area contributed by atoms with Crippen molar-refractivity contribution in [3.63, 3.8) is 0 Å². The van der Waals surface area contributed by atoms with Crippen molar-refractivity contribution in [1.82, 2.24) is 0 Å². The molecule has 0 aliphatic rings. The Morgan fingerprint density at radius 2 is 1.10 bits per heavy atom. The van der Waals surface area contributed by atoms with Gasteiger partial charge in [-0.1, -0.05) is 27.7 Å². The van der Waals surface area contributed by atoms with Gasteiger partial charge in [-0.3, -0.25) is 0 Å². The van der Waals surface area contributed by atoms with Crippen LogP contribution in [-0.4, -0.2) is 6.04 Å². The Labute approximate surface area is 65.0 Å². The first-order chi connectivity index (χ1) is 4.46. The molecule has 0 unspecified atom stereocenters. The van der Waals surface area contributed by atoms with Crippen LogP contribution < -0.4 is 5.73 Å². The first kappa shape index (κ1) is 9.96. The Kier molecular flexibility index (Phi) is 3.95. The first-order valence-electron chi connectivity index (χ1n) is 4.22. The zero-order valence-electron chi connectivity index (χ0n) is 7.89. The van der Waals surface area contributed by atoms with Crippen LogP contribution in [0.25, 0.3) is 0 Å². The van der Waals surface area contributed by atoms with Gasteiger partial charge in [-0.05, 0) is 24.7 Å². The lowest BCUT2D eigenvalue weighted by Gasteiger charge is -2.28. The molecular formula is C9H21N. The van der Waals surface area contributed by atoms with Crippen molar-refractivity contribution in [3.8, 4) is 0 Å². The molecule has 62 valence electrons. The van der Waals surface area contributed by atoms with Crippen molar-refractivity contribution in [2.45, 2.75) is 40.7 Å². The van der Waals surface area contributed by atoms with E-state index in [0.29, 0.717) is 23.8 Å². The molecule has 1 atom stereocenters. The second-order valence-electron chi connectivity index (χ2n) is 3.92. The third-order valence-corrected chi connectivity index (χ3v) is 2.15. The van der Waals surface area contributed by atoms with E-state index in [9.17, 15) is 0 Å². The van der Waals surface area contributed by atoms with Gasteiger partial charge in [0, 0.05) is 6.04 Å². The molecule has 0 radical (unpaired) electrons. The highest BCUT2D eigenvalue weighted by Gasteiger charge is 2.20. The monoisotopic (exact) mass is 143 g/mol. The van der Waals surface area contributed by atoms with Crippen LogP contribution >= 0.6 is 0 Å². The fraction of sp³-hybridized carbons (Fsp3) is 1.00. The average molecular weight is 143 g/mol. The van der Waals surface area contributed by atoms with E-state index in [2.05, 4.69) is 34.6 Å². The lowest BCUT2D eigenvalue weighted by molar-refractivity contribution is 0.248. The van der Waals surface area contributed by atoms with Gasteiger partial charge in [0.25, 0.3) is 0 Å². The van der Waals surface area contributed by atoms with Crippen molar-refractivity contribution in [2.24, 2.45) is 23.5 Å². The highest BCUT2D eigenvalue weighted by molar-refractivity contribution is 4.74. The summed E-state index contributed by atoms with van der Waals surface area (Å²) in [5.41, 5.74) is 5.84. The molecule has 2 N–H and O–H groups in total. The summed E-state index contributed by atoms with van der Waals surface area (Å²) in [4.78, 5) is 0. The molecule has 1 nitrogen and oxygen atoms in total. The topological polar surface area (TPSA) is 26.0 Å². The van der Waals surface area contributed by atoms with Crippen LogP contribution in [0.1, 0.15) is 34.6 Å². The van der Waals surface area contributed by atoms with Crippen LogP contribution in [0.5, 0.6) is 0 Å². The summed E-state index contributed by atoms with van der Waals surface area (Å²) in [6, 6.07) is 0.333. The summed E-state index contributed by atoms with van der Waals surface area (Å²) < 4.78 is 0. The second-order valence-corrected chi connectivity index (χ2v) is 3.92. The summed E-state index contributed by atoms with van der Waals surface area (Å²) in [6.45, 7) is 11.1. The van der Waals surface area contributed by atoms with E-state index in [1.807, 2.05) is 0 Å². The van der Waals surface area contributed by atoms with Gasteiger partial charge in [-0.2, -0.15) is 0 Å². The summed E-state index contributed by atoms with van der Waals surface area (Å²) in [5.74, 6) is 2.08. The molecule has 0 aliphatic heterocycles. The predicted octanol–water partition coefficient (Wildman–Crippen LogP) is 2.26. The van der Waals surface area contributed by atoms with Gasteiger partial charge in [0.05, 0.1) is 0 Å². The fourth-order valence-corrected chi connectivity index (χ4v) is 1.98. The smallest absolute Gasteiger partial charge is 0.00436 e. The van der Waals surface area contributed by atoms with Gasteiger partial charge < -0.3 is 5.73 Å². The quantitative estimate of drug-likeness (QED) is 0.644. The lowest BCUT2D eigenvalue weighted by atomic mass is 9.81. The first-order valence-corrected chi connectivity index (χ1v) is 4.22. The molecule has 0 aromatic carbocycles. The standard InChI is InChI=1S/C9H21N/c1-6(2)9(7(3)4)8(5)10/h6-9H,10H2,1-5H3/t8-/m1/s1. The minimum atomic E-state index is 0.333. The van der Waals surface area contributed by atoms with E-state index in [1.165, 1.54) is 0 Å². The van der Waals surface area contributed by atoms with Crippen molar-refractivity contribution in [2.75, 3.05) is 0 Å². The third kappa shape index (κ3) is 2.70. The summed E-state index contributed by atoms with van der Waals surface area (Å²) >= 11 is 0. The van der Waals surface area contributed by atoms with E-state index in [4.69, 9.17) is 5.73 Å². The zero-order valence-corrected chi connectivity index (χ0v) is 7.89. The van der Waals surface area contributed by atoms with Crippen LogP contribution in [0.2, 0.25) is 0 Å². The van der Waals surface area contributed by atoms with Gasteiger partial charge in [0.2, 0.25) is 0 Å². The minimum absolute atomic E-state index is 0.333. The van der Waals surface area contributed by atoms with E-state index in [-0.39, 0.29) is 0 Å². The molecule has 0 aliphatic carbocycles. The van der Waals surface area contributed by atoms with Crippen molar-refractivity contribution < 1.29 is 0 Å². The Morgan fingerprint density at radius 1 is 0.800 bits per heavy atom. The minimum Gasteiger partial charge on any atom is -0.328 e. The van der Waals surface area contributed by atoms with Gasteiger partial charge >= 0.3 is 0 Å². The summed E-state index contributed by atoms with van der Waals surface area (Å²) in [5, 5.41) is 0. The number of hydrogen-bond donors (Lipinski definition) is 1. The Balaban J connectivity index is 3.98. The Morgan fingerprint density at radius 3 is 1.10 bits per heavy atom. The number of rotatable bonds is 3. The number of hydrogen-bond acceptors (Lipinski definition) is 1. The predicted molar refractivity (Wildman–Crippen MR) is 46.8 cm³/mol. The Bertz CT molecular complexity index is 65.7. The van der Waals surface area contributed by atoms with Crippen molar-refractivity contribution >= 4 is 0 Å². The van der Waals surface area contributed by atoms with Crippen LogP contribution in [-0.2, 0) is 0 Å². The second kappa shape index (κ2) is 3.97. The van der Waals surface area contributed by atoms with E-state index >= 15 is 0 Å². The third-order valence-electron chi connectivity index (χ3n) is 2.15. The summed E-state index contributed by atoms with van der Waals surface area (Å²) in [6.07, 6.45) is 0. The van der Waals surface area contributed by atoms with Crippen molar-refractivity contribution in [3.05, 3.63) is 0 Å². The SMILES string of the molecule is CC(C)C(C(C)C)[C@@H](C)N. The lowest BCUT2D eigenvalue weighted by Crippen LogP contribution is -2.34. The van der Waals surface area contributed by atoms with Crippen LogP contribution in [0.3, 0.4) is 0 Å². The number of nitrogens with two attached hydrogens (primary N) is 1. The molecule has 0 rings (SSSR count). The van der Waals surface area contributed by atoms with E-state index in [0.717, 1.165) is 0 Å². The van der Waals surface area contributed by atoms with E-state index < -0.39 is 0 Å². The maximum Gasteiger partial charge on any atom is 0.00436 e. The molecule has 0 heterocycles. The van der Waals surface area contributed by atoms with Crippen molar-refractivity contribution in [1.29, 1.82) is 0 Å². The summed E-state index contributed by atoms with van der Waals surface area (Å²) in [7, 11) is 0. The van der Waals surface area contributed by atoms with Crippen LogP contribution in [0.4, 0.5) is 0 Å². The maximum absolute atomic E-state index is 5.84.